The number of nitrogens with one attached hydrogen (secondary N) is 2. The van der Waals surface area contributed by atoms with Crippen molar-refractivity contribution in [2.24, 2.45) is 0 Å². The third-order valence-corrected chi connectivity index (χ3v) is 3.57. The second-order valence-corrected chi connectivity index (χ2v) is 5.64. The summed E-state index contributed by atoms with van der Waals surface area (Å²) < 4.78 is 22.9. The van der Waals surface area contributed by atoms with Gasteiger partial charge in [0, 0.05) is 18.7 Å². The Kier molecular flexibility index (Phi) is 6.29. The number of hydrogen-bond acceptors (Lipinski definition) is 6. The van der Waals surface area contributed by atoms with Gasteiger partial charge in [0.15, 0.2) is 6.61 Å². The standard InChI is InChI=1S/C19H17FN4O4/c20-14-6-8-15(9-7-14)27-12-16(25)21-10-11-22-18(26)19-23-17(24-28-19)13-4-2-1-3-5-13/h1-9H,10-12H2,(H,21,25)(H,22,26). The number of rotatable bonds is 8. The van der Waals surface area contributed by atoms with E-state index in [2.05, 4.69) is 20.8 Å². The molecule has 1 heterocycles. The van der Waals surface area contributed by atoms with Gasteiger partial charge in [0.25, 0.3) is 5.91 Å². The highest BCUT2D eigenvalue weighted by atomic mass is 19.1. The lowest BCUT2D eigenvalue weighted by molar-refractivity contribution is -0.123. The first-order valence-electron chi connectivity index (χ1n) is 8.44. The van der Waals surface area contributed by atoms with Crippen LogP contribution in [0.1, 0.15) is 10.7 Å². The molecule has 0 atom stereocenters. The number of benzene rings is 2. The molecule has 144 valence electrons. The van der Waals surface area contributed by atoms with Gasteiger partial charge < -0.3 is 19.9 Å². The molecule has 0 unspecified atom stereocenters. The smallest absolute Gasteiger partial charge is 0.316 e. The first kappa shape index (κ1) is 19.0. The molecule has 8 nitrogen and oxygen atoms in total. The Bertz CT molecular complexity index is 929. The summed E-state index contributed by atoms with van der Waals surface area (Å²) in [6, 6.07) is 14.4. The summed E-state index contributed by atoms with van der Waals surface area (Å²) in [5.41, 5.74) is 0.735. The van der Waals surface area contributed by atoms with Crippen molar-refractivity contribution in [2.75, 3.05) is 19.7 Å². The Labute approximate surface area is 159 Å². The summed E-state index contributed by atoms with van der Waals surface area (Å²) in [4.78, 5) is 27.7. The molecule has 0 spiro atoms. The number of amides is 2. The SMILES string of the molecule is O=C(COc1ccc(F)cc1)NCCNC(=O)c1nc(-c2ccccc2)no1. The van der Waals surface area contributed by atoms with Gasteiger partial charge in [-0.25, -0.2) is 4.39 Å². The van der Waals surface area contributed by atoms with Crippen molar-refractivity contribution in [3.63, 3.8) is 0 Å². The van der Waals surface area contributed by atoms with Gasteiger partial charge >= 0.3 is 11.8 Å². The molecule has 2 aromatic carbocycles. The molecule has 0 saturated heterocycles. The second-order valence-electron chi connectivity index (χ2n) is 5.64. The average Bonchev–Trinajstić information content (AvgIpc) is 3.22. The van der Waals surface area contributed by atoms with E-state index in [1.165, 1.54) is 24.3 Å². The maximum Gasteiger partial charge on any atom is 0.316 e. The number of aromatic nitrogens is 2. The van der Waals surface area contributed by atoms with E-state index in [-0.39, 0.29) is 37.3 Å². The molecule has 2 N–H and O–H groups in total. The van der Waals surface area contributed by atoms with Crippen molar-refractivity contribution in [3.05, 3.63) is 66.3 Å². The fourth-order valence-electron chi connectivity index (χ4n) is 2.20. The van der Waals surface area contributed by atoms with Crippen LogP contribution < -0.4 is 15.4 Å². The van der Waals surface area contributed by atoms with E-state index in [1.807, 2.05) is 18.2 Å². The van der Waals surface area contributed by atoms with Crippen molar-refractivity contribution in [1.82, 2.24) is 20.8 Å². The first-order chi connectivity index (χ1) is 13.6. The Morgan fingerprint density at radius 3 is 2.46 bits per heavy atom. The minimum atomic E-state index is -0.536. The molecule has 3 aromatic rings. The second kappa shape index (κ2) is 9.26. The van der Waals surface area contributed by atoms with Crippen LogP contribution in [0.5, 0.6) is 5.75 Å². The van der Waals surface area contributed by atoms with Crippen LogP contribution in [0.3, 0.4) is 0 Å². The number of ether oxygens (including phenoxy) is 1. The lowest BCUT2D eigenvalue weighted by Gasteiger charge is -2.07. The van der Waals surface area contributed by atoms with Crippen LogP contribution in [0.4, 0.5) is 4.39 Å². The molecule has 0 fully saturated rings. The van der Waals surface area contributed by atoms with E-state index in [0.29, 0.717) is 11.6 Å². The number of carbonyl (C=O) groups excluding carboxylic acids is 2. The summed E-state index contributed by atoms with van der Waals surface area (Å²) in [6.45, 7) is 0.144. The van der Waals surface area contributed by atoms with Crippen LogP contribution in [0.25, 0.3) is 11.4 Å². The third-order valence-electron chi connectivity index (χ3n) is 3.57. The van der Waals surface area contributed by atoms with E-state index >= 15 is 0 Å². The maximum absolute atomic E-state index is 12.8. The Morgan fingerprint density at radius 2 is 1.71 bits per heavy atom. The maximum atomic E-state index is 12.8. The molecule has 2 amide bonds. The molecule has 28 heavy (non-hydrogen) atoms. The zero-order valence-electron chi connectivity index (χ0n) is 14.7. The van der Waals surface area contributed by atoms with Crippen molar-refractivity contribution in [1.29, 1.82) is 0 Å². The van der Waals surface area contributed by atoms with Crippen LogP contribution >= 0.6 is 0 Å². The van der Waals surface area contributed by atoms with Crippen molar-refractivity contribution in [2.45, 2.75) is 0 Å². The molecule has 0 aliphatic carbocycles. The molecule has 0 aliphatic heterocycles. The molecule has 3 rings (SSSR count). The van der Waals surface area contributed by atoms with E-state index in [4.69, 9.17) is 9.26 Å². The topological polar surface area (TPSA) is 106 Å². The van der Waals surface area contributed by atoms with Gasteiger partial charge in [0.1, 0.15) is 11.6 Å². The third kappa shape index (κ3) is 5.37. The van der Waals surface area contributed by atoms with Crippen LogP contribution in [0.15, 0.2) is 59.1 Å². The lowest BCUT2D eigenvalue weighted by Crippen LogP contribution is -2.36. The molecule has 0 aliphatic rings. The Balaban J connectivity index is 1.37. The van der Waals surface area contributed by atoms with Crippen LogP contribution in [0.2, 0.25) is 0 Å². The predicted octanol–water partition coefficient (Wildman–Crippen LogP) is 1.80. The van der Waals surface area contributed by atoms with Gasteiger partial charge in [-0.15, -0.1) is 0 Å². The van der Waals surface area contributed by atoms with Gasteiger partial charge in [-0.1, -0.05) is 35.5 Å². The van der Waals surface area contributed by atoms with Crippen LogP contribution in [0, 0.1) is 5.82 Å². The summed E-state index contributed by atoms with van der Waals surface area (Å²) in [7, 11) is 0. The summed E-state index contributed by atoms with van der Waals surface area (Å²) in [5, 5.41) is 8.92. The molecule has 0 radical (unpaired) electrons. The van der Waals surface area contributed by atoms with E-state index < -0.39 is 5.91 Å². The van der Waals surface area contributed by atoms with Crippen molar-refractivity contribution in [3.8, 4) is 17.1 Å². The zero-order chi connectivity index (χ0) is 19.8. The Hall–Kier alpha value is -3.75. The van der Waals surface area contributed by atoms with E-state index in [1.54, 1.807) is 12.1 Å². The number of nitrogens with zero attached hydrogens (tertiary/aromatic N) is 2. The van der Waals surface area contributed by atoms with Gasteiger partial charge in [-0.3, -0.25) is 9.59 Å². The highest BCUT2D eigenvalue weighted by Crippen LogP contribution is 2.14. The molecule has 9 heteroatoms. The van der Waals surface area contributed by atoms with E-state index in [9.17, 15) is 14.0 Å². The molecule has 1 aromatic heterocycles. The lowest BCUT2D eigenvalue weighted by atomic mass is 10.2. The fourth-order valence-corrected chi connectivity index (χ4v) is 2.20. The minimum Gasteiger partial charge on any atom is -0.484 e. The molecular formula is C19H17FN4O4. The summed E-state index contributed by atoms with van der Waals surface area (Å²) in [5.74, 6) is -0.754. The normalized spacial score (nSPS) is 10.3. The van der Waals surface area contributed by atoms with Gasteiger partial charge in [-0.2, -0.15) is 4.98 Å². The molecular weight excluding hydrogens is 367 g/mol. The van der Waals surface area contributed by atoms with Crippen LogP contribution in [-0.2, 0) is 4.79 Å². The van der Waals surface area contributed by atoms with Crippen molar-refractivity contribution >= 4 is 11.8 Å². The number of halogens is 1. The van der Waals surface area contributed by atoms with Gasteiger partial charge in [0.05, 0.1) is 0 Å². The predicted molar refractivity (Wildman–Crippen MR) is 97.0 cm³/mol. The van der Waals surface area contributed by atoms with E-state index in [0.717, 1.165) is 5.56 Å². The molecule has 0 bridgehead atoms. The summed E-state index contributed by atoms with van der Waals surface area (Å²) >= 11 is 0. The summed E-state index contributed by atoms with van der Waals surface area (Å²) in [6.07, 6.45) is 0. The largest absolute Gasteiger partial charge is 0.484 e. The monoisotopic (exact) mass is 384 g/mol. The highest BCUT2D eigenvalue weighted by Gasteiger charge is 2.15. The quantitative estimate of drug-likeness (QED) is 0.574. The van der Waals surface area contributed by atoms with Gasteiger partial charge in [-0.05, 0) is 24.3 Å². The highest BCUT2D eigenvalue weighted by molar-refractivity contribution is 5.89. The number of carbonyl (C=O) groups is 2. The minimum absolute atomic E-state index is 0.162. The fraction of sp³-hybridized carbons (Fsp3) is 0.158. The first-order valence-corrected chi connectivity index (χ1v) is 8.44. The molecule has 0 saturated carbocycles. The zero-order valence-corrected chi connectivity index (χ0v) is 14.7. The van der Waals surface area contributed by atoms with Crippen molar-refractivity contribution < 1.29 is 23.2 Å². The number of hydrogen-bond donors (Lipinski definition) is 2. The average molecular weight is 384 g/mol. The Morgan fingerprint density at radius 1 is 1.00 bits per heavy atom. The van der Waals surface area contributed by atoms with Gasteiger partial charge in [0.2, 0.25) is 5.82 Å². The van der Waals surface area contributed by atoms with Crippen LogP contribution in [-0.4, -0.2) is 41.7 Å².